The van der Waals surface area contributed by atoms with Crippen LogP contribution in [-0.4, -0.2) is 85.6 Å². The second-order valence-corrected chi connectivity index (χ2v) is 14.8. The van der Waals surface area contributed by atoms with E-state index in [0.717, 1.165) is 72.6 Å². The molecule has 2 fully saturated rings. The minimum atomic E-state index is -2.97. The van der Waals surface area contributed by atoms with E-state index in [4.69, 9.17) is 9.72 Å². The molecule has 0 spiro atoms. The summed E-state index contributed by atoms with van der Waals surface area (Å²) in [5.41, 5.74) is 8.69. The predicted molar refractivity (Wildman–Crippen MR) is 167 cm³/mol. The number of benzene rings is 1. The van der Waals surface area contributed by atoms with Crippen molar-refractivity contribution in [2.24, 2.45) is 0 Å². The highest BCUT2D eigenvalue weighted by Crippen LogP contribution is 2.50. The molecule has 3 aromatic rings. The summed E-state index contributed by atoms with van der Waals surface area (Å²) in [5, 5.41) is 12.3. The molecule has 1 saturated heterocycles. The molecule has 7 rings (SSSR count). The van der Waals surface area contributed by atoms with Crippen LogP contribution in [-0.2, 0) is 21.1 Å². The van der Waals surface area contributed by atoms with Crippen LogP contribution in [0.25, 0.3) is 27.9 Å². The lowest BCUT2D eigenvalue weighted by Gasteiger charge is -2.31. The first-order chi connectivity index (χ1) is 20.3. The fourth-order valence-corrected chi connectivity index (χ4v) is 8.52. The summed E-state index contributed by atoms with van der Waals surface area (Å²) >= 11 is 0. The van der Waals surface area contributed by atoms with Crippen LogP contribution in [0.4, 0.5) is 11.4 Å². The number of anilines is 2. The number of ether oxygens (including phenoxy) is 1. The van der Waals surface area contributed by atoms with Crippen LogP contribution in [0, 0.1) is 0 Å². The molecular weight excluding hydrogens is 550 g/mol. The van der Waals surface area contributed by atoms with Gasteiger partial charge in [-0.1, -0.05) is 43.2 Å². The van der Waals surface area contributed by atoms with Gasteiger partial charge in [0.15, 0.2) is 0 Å². The Bertz CT molecular complexity index is 1600. The van der Waals surface area contributed by atoms with Gasteiger partial charge >= 0.3 is 0 Å². The molecule has 0 bridgehead atoms. The monoisotopic (exact) mass is 591 g/mol. The molecule has 1 saturated carbocycles. The molecule has 2 N–H and O–H groups in total. The molecule has 4 aliphatic rings. The first-order valence-corrected chi connectivity index (χ1v) is 17.3. The molecule has 5 heterocycles. The largest absolute Gasteiger partial charge is 0.377 e. The molecule has 224 valence electrons. The summed E-state index contributed by atoms with van der Waals surface area (Å²) in [6.07, 6.45) is 11.5. The first kappa shape index (κ1) is 27.9. The molecule has 0 amide bonds. The smallest absolute Gasteiger partial charge is 0.208 e. The number of pyridine rings is 1. The summed E-state index contributed by atoms with van der Waals surface area (Å²) < 4.78 is 29.6. The lowest BCUT2D eigenvalue weighted by atomic mass is 9.94. The van der Waals surface area contributed by atoms with E-state index >= 15 is 0 Å². The Kier molecular flexibility index (Phi) is 7.28. The Labute approximate surface area is 248 Å². The van der Waals surface area contributed by atoms with Crippen molar-refractivity contribution in [3.8, 4) is 11.3 Å². The van der Waals surface area contributed by atoms with Gasteiger partial charge in [-0.15, -0.1) is 0 Å². The number of likely N-dealkylation sites (tertiary alicyclic amines) is 1. The van der Waals surface area contributed by atoms with Gasteiger partial charge < -0.3 is 24.6 Å². The highest BCUT2D eigenvalue weighted by Gasteiger charge is 2.41. The summed E-state index contributed by atoms with van der Waals surface area (Å²) in [6.45, 7) is 3.69. The van der Waals surface area contributed by atoms with Crippen LogP contribution in [0.5, 0.6) is 0 Å². The minimum absolute atomic E-state index is 0.211. The van der Waals surface area contributed by atoms with E-state index in [1.54, 1.807) is 0 Å². The first-order valence-electron chi connectivity index (χ1n) is 15.3. The van der Waals surface area contributed by atoms with Crippen LogP contribution in [0.15, 0.2) is 36.5 Å². The summed E-state index contributed by atoms with van der Waals surface area (Å²) in [6, 6.07) is 9.05. The van der Waals surface area contributed by atoms with E-state index in [1.807, 2.05) is 18.1 Å². The Morgan fingerprint density at radius 2 is 1.83 bits per heavy atom. The Morgan fingerprint density at radius 3 is 2.50 bits per heavy atom. The molecule has 1 aromatic carbocycles. The number of nitrogens with zero attached hydrogens (tertiary/aromatic N) is 4. The van der Waals surface area contributed by atoms with Crippen LogP contribution in [0.2, 0.25) is 0 Å². The van der Waals surface area contributed by atoms with Gasteiger partial charge in [0.05, 0.1) is 47.1 Å². The minimum Gasteiger partial charge on any atom is -0.377 e. The highest BCUT2D eigenvalue weighted by atomic mass is 32.2. The molecule has 1 atom stereocenters. The number of H-pyrrole nitrogens is 1. The van der Waals surface area contributed by atoms with Crippen molar-refractivity contribution in [3.63, 3.8) is 0 Å². The zero-order valence-electron chi connectivity index (χ0n) is 24.6. The number of aromatic amines is 1. The number of aliphatic hydroxyl groups is 1. The lowest BCUT2D eigenvalue weighted by molar-refractivity contribution is 0.161. The zero-order chi connectivity index (χ0) is 29.0. The fourth-order valence-electron chi connectivity index (χ4n) is 7.45. The molecule has 3 aliphatic heterocycles. The van der Waals surface area contributed by atoms with Crippen LogP contribution in [0.1, 0.15) is 56.1 Å². The van der Waals surface area contributed by atoms with Crippen LogP contribution < -0.4 is 9.80 Å². The maximum atomic E-state index is 12.0. The summed E-state index contributed by atoms with van der Waals surface area (Å²) in [7, 11) is -1.02. The number of nitrogens with one attached hydrogen (secondary N) is 1. The molecular formula is C32H41N5O4S. The molecule has 0 radical (unpaired) electrons. The van der Waals surface area contributed by atoms with Crippen molar-refractivity contribution < 1.29 is 18.3 Å². The SMILES string of the molecule is CN1c2cnc3[nH]c(-c4ccc(CN5CCC(S(C)(=O)=O)CC5)cc4)c(C4=CCOCC4)c3c2N(C2CCCC2)C1O. The van der Waals surface area contributed by atoms with Crippen molar-refractivity contribution in [1.29, 1.82) is 0 Å². The van der Waals surface area contributed by atoms with Gasteiger partial charge in [-0.2, -0.15) is 0 Å². The third-order valence-electron chi connectivity index (χ3n) is 9.80. The standard InChI is InChI=1S/C32H41N5O4S/c1-35-26-19-33-31-28(30(26)37(32(35)38)24-5-3-4-6-24)27(22-13-17-41-18-14-22)29(34-31)23-9-7-21(8-10-23)20-36-15-11-25(12-16-36)42(2,39)40/h7-10,13,19,24-25,32,38H,3-6,11-12,14-18,20H2,1-2H3,(H,33,34). The Hall–Kier alpha value is -2.92. The van der Waals surface area contributed by atoms with Crippen molar-refractivity contribution in [2.45, 2.75) is 69.1 Å². The number of piperidine rings is 1. The summed E-state index contributed by atoms with van der Waals surface area (Å²) in [4.78, 5) is 15.1. The molecule has 42 heavy (non-hydrogen) atoms. The number of aliphatic hydroxyl groups excluding tert-OH is 1. The van der Waals surface area contributed by atoms with Crippen molar-refractivity contribution in [3.05, 3.63) is 47.7 Å². The van der Waals surface area contributed by atoms with Gasteiger partial charge in [-0.05, 0) is 61.9 Å². The van der Waals surface area contributed by atoms with E-state index in [-0.39, 0.29) is 5.25 Å². The van der Waals surface area contributed by atoms with E-state index in [9.17, 15) is 13.5 Å². The molecule has 1 unspecified atom stereocenters. The maximum Gasteiger partial charge on any atom is 0.208 e. The van der Waals surface area contributed by atoms with Crippen molar-refractivity contribution in [2.75, 3.05) is 49.4 Å². The number of rotatable bonds is 6. The quantitative estimate of drug-likeness (QED) is 0.432. The van der Waals surface area contributed by atoms with Gasteiger partial charge in [-0.25, -0.2) is 13.4 Å². The zero-order valence-corrected chi connectivity index (χ0v) is 25.4. The van der Waals surface area contributed by atoms with Gasteiger partial charge in [0, 0.05) is 31.5 Å². The van der Waals surface area contributed by atoms with E-state index in [0.29, 0.717) is 32.1 Å². The van der Waals surface area contributed by atoms with Gasteiger partial charge in [0.2, 0.25) is 6.35 Å². The van der Waals surface area contributed by atoms with Crippen molar-refractivity contribution >= 4 is 37.8 Å². The average Bonchev–Trinajstić information content (AvgIpc) is 3.71. The highest BCUT2D eigenvalue weighted by molar-refractivity contribution is 7.91. The van der Waals surface area contributed by atoms with Gasteiger partial charge in [0.25, 0.3) is 0 Å². The number of hydrogen-bond acceptors (Lipinski definition) is 8. The number of hydrogen-bond donors (Lipinski definition) is 2. The van der Waals surface area contributed by atoms with Gasteiger partial charge in [0.1, 0.15) is 15.5 Å². The topological polar surface area (TPSA) is 102 Å². The third kappa shape index (κ3) is 4.92. The van der Waals surface area contributed by atoms with E-state index < -0.39 is 16.2 Å². The maximum absolute atomic E-state index is 12.0. The average molecular weight is 592 g/mol. The molecule has 10 heteroatoms. The number of aromatic nitrogens is 2. The normalized spacial score (nSPS) is 22.7. The Balaban J connectivity index is 1.25. The van der Waals surface area contributed by atoms with Crippen molar-refractivity contribution in [1.82, 2.24) is 14.9 Å². The molecule has 9 nitrogen and oxygen atoms in total. The number of fused-ring (bicyclic) bond motifs is 3. The van der Waals surface area contributed by atoms with Crippen LogP contribution >= 0.6 is 0 Å². The fraction of sp³-hybridized carbons (Fsp3) is 0.531. The molecule has 1 aliphatic carbocycles. The van der Waals surface area contributed by atoms with E-state index in [2.05, 4.69) is 45.1 Å². The van der Waals surface area contributed by atoms with Gasteiger partial charge in [-0.3, -0.25) is 4.90 Å². The Morgan fingerprint density at radius 1 is 1.10 bits per heavy atom. The predicted octanol–water partition coefficient (Wildman–Crippen LogP) is 4.52. The number of sulfone groups is 1. The second kappa shape index (κ2) is 11.0. The second-order valence-electron chi connectivity index (χ2n) is 12.4. The lowest BCUT2D eigenvalue weighted by Crippen LogP contribution is -2.46. The molecule has 2 aromatic heterocycles. The third-order valence-corrected chi connectivity index (χ3v) is 11.5. The van der Waals surface area contributed by atoms with E-state index in [1.165, 1.54) is 35.8 Å². The summed E-state index contributed by atoms with van der Waals surface area (Å²) in [5.74, 6) is 0. The van der Waals surface area contributed by atoms with Crippen LogP contribution in [0.3, 0.4) is 0 Å².